The van der Waals surface area contributed by atoms with Crippen LogP contribution in [0.4, 0.5) is 11.4 Å². The first kappa shape index (κ1) is 45.9. The summed E-state index contributed by atoms with van der Waals surface area (Å²) >= 11 is 0. The Labute approximate surface area is 396 Å². The van der Waals surface area contributed by atoms with Gasteiger partial charge in [-0.1, -0.05) is 38.1 Å². The summed E-state index contributed by atoms with van der Waals surface area (Å²) < 4.78 is 54.3. The first-order chi connectivity index (χ1) is 32.6. The SMILES string of the molecule is COc1nc2[nH]ccc2cc1Oc1cc(N2CCC3(CC2)CC(N2CCC[C@H]2c2ccccc2C(C)C)C3)ccc1C(=O)NS(=O)(=O)c1cc2c(c([N+](=O)[O-])c1)O[C@H](C1CCC(C)(O)CC1)CO2. The fourth-order valence-electron chi connectivity index (χ4n) is 11.5. The number of methoxy groups -OCH3 is 1. The van der Waals surface area contributed by atoms with E-state index in [-0.39, 0.29) is 52.4 Å². The van der Waals surface area contributed by atoms with Gasteiger partial charge in [-0.05, 0) is 130 Å². The lowest BCUT2D eigenvalue weighted by molar-refractivity contribution is -0.386. The Hall–Kier alpha value is -5.91. The van der Waals surface area contributed by atoms with E-state index in [9.17, 15) is 28.4 Å². The highest BCUT2D eigenvalue weighted by Gasteiger charge is 2.50. The van der Waals surface area contributed by atoms with E-state index in [4.69, 9.17) is 18.9 Å². The van der Waals surface area contributed by atoms with Crippen LogP contribution in [0.3, 0.4) is 0 Å². The van der Waals surface area contributed by atoms with Crippen LogP contribution in [0.25, 0.3) is 11.0 Å². The molecule has 2 aliphatic carbocycles. The predicted octanol–water partition coefficient (Wildman–Crippen LogP) is 9.18. The van der Waals surface area contributed by atoms with Gasteiger partial charge in [-0.15, -0.1) is 0 Å². The lowest BCUT2D eigenvalue weighted by atomic mass is 9.59. The topological polar surface area (TPSA) is 199 Å². The molecule has 2 saturated heterocycles. The molecule has 0 radical (unpaired) electrons. The number of aromatic amines is 1. The molecule has 5 heterocycles. The van der Waals surface area contributed by atoms with Crippen molar-refractivity contribution >= 4 is 38.3 Å². The second-order valence-corrected chi connectivity index (χ2v) is 21.9. The Kier molecular flexibility index (Phi) is 12.1. The van der Waals surface area contributed by atoms with Crippen LogP contribution in [-0.4, -0.2) is 90.3 Å². The molecule has 17 heteroatoms. The monoisotopic (exact) mass is 948 g/mol. The highest BCUT2D eigenvalue weighted by molar-refractivity contribution is 7.90. The lowest BCUT2D eigenvalue weighted by Gasteiger charge is -2.56. The average molecular weight is 949 g/mol. The number of nitrogens with zero attached hydrogens (tertiary/aromatic N) is 4. The number of ether oxygens (including phenoxy) is 4. The zero-order valence-electron chi connectivity index (χ0n) is 39.0. The molecule has 5 aromatic rings. The minimum atomic E-state index is -4.72. The number of hydrogen-bond donors (Lipinski definition) is 3. The van der Waals surface area contributed by atoms with Gasteiger partial charge in [-0.3, -0.25) is 19.8 Å². The minimum absolute atomic E-state index is 0.0110. The molecule has 360 valence electrons. The van der Waals surface area contributed by atoms with Crippen LogP contribution < -0.4 is 28.6 Å². The number of rotatable bonds is 12. The molecule has 0 bridgehead atoms. The van der Waals surface area contributed by atoms with Gasteiger partial charge < -0.3 is 33.9 Å². The molecule has 5 aliphatic rings. The molecular weight excluding hydrogens is 889 g/mol. The number of fused-ring (bicyclic) bond motifs is 2. The molecule has 3 aromatic carbocycles. The summed E-state index contributed by atoms with van der Waals surface area (Å²) in [6.45, 7) is 9.13. The normalized spacial score (nSPS) is 24.0. The number of carbonyl (C=O) groups is 1. The van der Waals surface area contributed by atoms with Crippen LogP contribution in [0.5, 0.6) is 28.9 Å². The van der Waals surface area contributed by atoms with Gasteiger partial charge in [0, 0.05) is 60.6 Å². The fourth-order valence-corrected chi connectivity index (χ4v) is 12.5. The Balaban J connectivity index is 0.875. The van der Waals surface area contributed by atoms with Gasteiger partial charge in [0.1, 0.15) is 24.1 Å². The maximum Gasteiger partial charge on any atom is 0.316 e. The van der Waals surface area contributed by atoms with Crippen molar-refractivity contribution in [3.8, 4) is 28.9 Å². The molecule has 3 aliphatic heterocycles. The van der Waals surface area contributed by atoms with Crippen LogP contribution in [0.15, 0.2) is 77.8 Å². The van der Waals surface area contributed by atoms with Crippen molar-refractivity contribution < 1.29 is 42.2 Å². The summed E-state index contributed by atoms with van der Waals surface area (Å²) in [7, 11) is -3.27. The number of aromatic nitrogens is 2. The van der Waals surface area contributed by atoms with E-state index < -0.39 is 43.1 Å². The Morgan fingerprint density at radius 3 is 2.50 bits per heavy atom. The molecule has 2 atom stereocenters. The van der Waals surface area contributed by atoms with Gasteiger partial charge in [-0.2, -0.15) is 4.98 Å². The van der Waals surface area contributed by atoms with Crippen molar-refractivity contribution in [2.45, 2.75) is 120 Å². The zero-order chi connectivity index (χ0) is 47.5. The van der Waals surface area contributed by atoms with Gasteiger partial charge in [0.05, 0.1) is 28.1 Å². The first-order valence-corrected chi connectivity index (χ1v) is 25.4. The van der Waals surface area contributed by atoms with Gasteiger partial charge in [0.2, 0.25) is 5.75 Å². The number of nitrogens with one attached hydrogen (secondary N) is 2. The Bertz CT molecular complexity index is 2840. The van der Waals surface area contributed by atoms with Crippen LogP contribution in [0, 0.1) is 21.4 Å². The van der Waals surface area contributed by atoms with Crippen molar-refractivity contribution in [1.82, 2.24) is 19.6 Å². The summed E-state index contributed by atoms with van der Waals surface area (Å²) in [6.07, 6.45) is 10.4. The summed E-state index contributed by atoms with van der Waals surface area (Å²) in [4.78, 5) is 38.0. The molecule has 1 amide bonds. The van der Waals surface area contributed by atoms with Gasteiger partial charge in [0.15, 0.2) is 11.5 Å². The second kappa shape index (κ2) is 17.9. The van der Waals surface area contributed by atoms with Crippen molar-refractivity contribution in [3.05, 3.63) is 99.7 Å². The van der Waals surface area contributed by atoms with Crippen LogP contribution >= 0.6 is 0 Å². The molecule has 2 saturated carbocycles. The van der Waals surface area contributed by atoms with Crippen LogP contribution in [-0.2, 0) is 10.0 Å². The summed E-state index contributed by atoms with van der Waals surface area (Å²) in [6, 6.07) is 20.6. The molecule has 10 rings (SSSR count). The Morgan fingerprint density at radius 2 is 1.76 bits per heavy atom. The van der Waals surface area contributed by atoms with Crippen LogP contribution in [0.2, 0.25) is 0 Å². The van der Waals surface area contributed by atoms with E-state index in [1.807, 2.05) is 6.07 Å². The second-order valence-electron chi connectivity index (χ2n) is 20.2. The molecule has 2 aromatic heterocycles. The molecule has 68 heavy (non-hydrogen) atoms. The third-order valence-corrected chi connectivity index (χ3v) is 16.7. The number of nitro groups is 1. The average Bonchev–Trinajstić information content (AvgIpc) is 3.99. The van der Waals surface area contributed by atoms with E-state index >= 15 is 0 Å². The lowest BCUT2D eigenvalue weighted by Crippen LogP contribution is -2.54. The number of carbonyl (C=O) groups excluding carboxylic acids is 1. The molecule has 4 fully saturated rings. The summed E-state index contributed by atoms with van der Waals surface area (Å²) in [5.74, 6) is -0.405. The quantitative estimate of drug-likeness (QED) is 0.0791. The molecular formula is C51H60N6O10S. The third-order valence-electron chi connectivity index (χ3n) is 15.4. The van der Waals surface area contributed by atoms with Crippen molar-refractivity contribution in [3.63, 3.8) is 0 Å². The van der Waals surface area contributed by atoms with Gasteiger partial charge >= 0.3 is 5.69 Å². The van der Waals surface area contributed by atoms with E-state index in [2.05, 4.69) is 62.6 Å². The number of sulfonamides is 1. The van der Waals surface area contributed by atoms with Crippen LogP contribution in [0.1, 0.15) is 118 Å². The van der Waals surface area contributed by atoms with E-state index in [1.165, 1.54) is 50.0 Å². The molecule has 16 nitrogen and oxygen atoms in total. The summed E-state index contributed by atoms with van der Waals surface area (Å²) in [5.41, 5.74) is 3.10. The van der Waals surface area contributed by atoms with E-state index in [0.717, 1.165) is 55.7 Å². The first-order valence-electron chi connectivity index (χ1n) is 23.9. The number of nitro benzene ring substituents is 1. The number of benzene rings is 3. The van der Waals surface area contributed by atoms with E-state index in [0.29, 0.717) is 49.3 Å². The minimum Gasteiger partial charge on any atom is -0.485 e. The fraction of sp³-hybridized carbons (Fsp3) is 0.490. The standard InChI is InChI=1S/C51H60N6O10S/c1-31(2)37-8-5-6-9-38(37)40-10-7-21-56(40)35-28-51(29-35)18-22-55(23-19-51)34-11-12-39(42(25-34)66-44-24-33-15-20-52-47(33)53-49(44)64-4)48(58)54-68(62,63)36-26-41(57(60)61)46-43(27-36)65-30-45(67-46)32-13-16-50(3,59)17-14-32/h5-6,8-9,11-12,15,20,24-27,31-32,35,40,45,59H,7,10,13-14,16-19,21-23,28-30H2,1-4H3,(H,52,53)(H,54,58)/t32?,40-,45-,50?/m0/s1. The third kappa shape index (κ3) is 8.84. The van der Waals surface area contributed by atoms with Crippen molar-refractivity contribution in [2.24, 2.45) is 11.3 Å². The number of amides is 1. The number of aliphatic hydroxyl groups is 1. The van der Waals surface area contributed by atoms with Gasteiger partial charge in [-0.25, -0.2) is 13.1 Å². The maximum atomic E-state index is 14.2. The number of anilines is 1. The molecule has 0 unspecified atom stereocenters. The number of hydrogen-bond acceptors (Lipinski definition) is 13. The highest BCUT2D eigenvalue weighted by Crippen LogP contribution is 2.55. The smallest absolute Gasteiger partial charge is 0.316 e. The largest absolute Gasteiger partial charge is 0.485 e. The number of likely N-dealkylation sites (tertiary alicyclic amines) is 1. The van der Waals surface area contributed by atoms with Crippen molar-refractivity contribution in [2.75, 3.05) is 38.3 Å². The Morgan fingerprint density at radius 1 is 1.00 bits per heavy atom. The van der Waals surface area contributed by atoms with Crippen molar-refractivity contribution in [1.29, 1.82) is 0 Å². The predicted molar refractivity (Wildman–Crippen MR) is 256 cm³/mol. The maximum absolute atomic E-state index is 14.2. The number of piperidine rings is 1. The number of pyridine rings is 1. The zero-order valence-corrected chi connectivity index (χ0v) is 39.8. The molecule has 1 spiro atoms. The summed E-state index contributed by atoms with van der Waals surface area (Å²) in [5, 5.41) is 23.6. The van der Waals surface area contributed by atoms with Gasteiger partial charge in [0.25, 0.3) is 21.8 Å². The highest BCUT2D eigenvalue weighted by atomic mass is 32.2. The van der Waals surface area contributed by atoms with E-state index in [1.54, 1.807) is 31.3 Å². The number of H-pyrrole nitrogens is 1. The molecule has 3 N–H and O–H groups in total.